The van der Waals surface area contributed by atoms with Crippen molar-refractivity contribution in [1.29, 1.82) is 0 Å². The average molecular weight is 452 g/mol. The molecule has 0 aliphatic carbocycles. The lowest BCUT2D eigenvalue weighted by Gasteiger charge is -2.40. The molecule has 8 heteroatoms. The van der Waals surface area contributed by atoms with Gasteiger partial charge in [0.1, 0.15) is 5.82 Å². The van der Waals surface area contributed by atoms with E-state index in [1.165, 1.54) is 10.8 Å². The van der Waals surface area contributed by atoms with Gasteiger partial charge in [-0.2, -0.15) is 0 Å². The summed E-state index contributed by atoms with van der Waals surface area (Å²) in [4.78, 5) is 18.8. The second kappa shape index (κ2) is 9.16. The zero-order valence-corrected chi connectivity index (χ0v) is 19.4. The van der Waals surface area contributed by atoms with E-state index in [-0.39, 0.29) is 17.7 Å². The predicted molar refractivity (Wildman–Crippen MR) is 117 cm³/mol. The monoisotopic (exact) mass is 451 g/mol. The first-order valence-electron chi connectivity index (χ1n) is 11.2. The molecule has 5 nitrogen and oxygen atoms in total. The molecular formula is C24H32F3N3O2. The second-order valence-corrected chi connectivity index (χ2v) is 9.17. The fourth-order valence-corrected chi connectivity index (χ4v) is 4.39. The van der Waals surface area contributed by atoms with E-state index in [0.29, 0.717) is 56.0 Å². The molecule has 3 heterocycles. The molecule has 3 rings (SSSR count). The Morgan fingerprint density at radius 1 is 1.28 bits per heavy atom. The third kappa shape index (κ3) is 4.94. The number of carbonyl (C=O) groups is 1. The van der Waals surface area contributed by atoms with E-state index in [1.807, 2.05) is 27.7 Å². The fourth-order valence-electron chi connectivity index (χ4n) is 4.39. The number of pyridine rings is 1. The van der Waals surface area contributed by atoms with E-state index in [4.69, 9.17) is 4.74 Å². The van der Waals surface area contributed by atoms with Crippen LogP contribution in [0, 0.1) is 5.82 Å². The molecule has 1 saturated heterocycles. The summed E-state index contributed by atoms with van der Waals surface area (Å²) in [5.41, 5.74) is -0.147. The fraction of sp³-hybridized carbons (Fsp3) is 0.583. The molecule has 1 aliphatic heterocycles. The molecule has 176 valence electrons. The highest BCUT2D eigenvalue weighted by Gasteiger charge is 2.41. The number of alkyl halides is 2. The van der Waals surface area contributed by atoms with Crippen LogP contribution in [-0.2, 0) is 17.9 Å². The van der Waals surface area contributed by atoms with E-state index in [1.54, 1.807) is 17.0 Å². The number of hydrogen-bond acceptors (Lipinski definition) is 3. The second-order valence-electron chi connectivity index (χ2n) is 9.17. The maximum Gasteiger partial charge on any atom is 0.285 e. The van der Waals surface area contributed by atoms with Crippen molar-refractivity contribution in [3.8, 4) is 5.88 Å². The molecule has 0 aromatic carbocycles. The SMILES string of the molecule is CCCn1c(C(C)(F)F)cc(F)c1C1(C)CCN(C(=O)c2ccc(OC(C)C)nc2)CC1. The van der Waals surface area contributed by atoms with Crippen molar-refractivity contribution in [3.63, 3.8) is 0 Å². The van der Waals surface area contributed by atoms with Gasteiger partial charge in [-0.3, -0.25) is 4.79 Å². The summed E-state index contributed by atoms with van der Waals surface area (Å²) < 4.78 is 50.2. The summed E-state index contributed by atoms with van der Waals surface area (Å²) in [5.74, 6) is -3.42. The Hall–Kier alpha value is -2.51. The summed E-state index contributed by atoms with van der Waals surface area (Å²) in [6, 6.07) is 4.32. The quantitative estimate of drug-likeness (QED) is 0.557. The van der Waals surface area contributed by atoms with E-state index in [0.717, 1.165) is 13.0 Å². The Balaban J connectivity index is 1.77. The summed E-state index contributed by atoms with van der Waals surface area (Å²) in [7, 11) is 0. The maximum atomic E-state index is 14.9. The lowest BCUT2D eigenvalue weighted by molar-refractivity contribution is 0.00824. The van der Waals surface area contributed by atoms with Crippen LogP contribution < -0.4 is 4.74 Å². The Labute approximate surface area is 187 Å². The van der Waals surface area contributed by atoms with Crippen molar-refractivity contribution in [2.45, 2.75) is 77.9 Å². The Kier molecular flexibility index (Phi) is 6.91. The molecule has 2 aromatic heterocycles. The zero-order valence-electron chi connectivity index (χ0n) is 19.4. The van der Waals surface area contributed by atoms with Crippen LogP contribution in [0.3, 0.4) is 0 Å². The zero-order chi connectivity index (χ0) is 23.7. The standard InChI is InChI=1S/C24H32F3N3O2/c1-6-11-30-19(24(5,26)27)14-18(25)21(30)23(4)9-12-29(13-10-23)22(31)17-7-8-20(28-15-17)32-16(2)3/h7-8,14-16H,6,9-13H2,1-5H3. The number of amides is 1. The molecule has 0 saturated carbocycles. The van der Waals surface area contributed by atoms with Crippen molar-refractivity contribution in [3.05, 3.63) is 47.2 Å². The minimum Gasteiger partial charge on any atom is -0.475 e. The van der Waals surface area contributed by atoms with Crippen LogP contribution in [0.5, 0.6) is 5.88 Å². The van der Waals surface area contributed by atoms with Gasteiger partial charge in [-0.05, 0) is 39.2 Å². The number of nitrogens with zero attached hydrogens (tertiary/aromatic N) is 3. The predicted octanol–water partition coefficient (Wildman–Crippen LogP) is 5.53. The molecule has 0 spiro atoms. The van der Waals surface area contributed by atoms with Crippen LogP contribution in [0.4, 0.5) is 13.2 Å². The Bertz CT molecular complexity index is 941. The summed E-state index contributed by atoms with van der Waals surface area (Å²) in [6.45, 7) is 9.53. The summed E-state index contributed by atoms with van der Waals surface area (Å²) in [6.07, 6.45) is 3.08. The molecule has 32 heavy (non-hydrogen) atoms. The van der Waals surface area contributed by atoms with Crippen LogP contribution in [0.25, 0.3) is 0 Å². The van der Waals surface area contributed by atoms with Crippen molar-refractivity contribution in [2.24, 2.45) is 0 Å². The largest absolute Gasteiger partial charge is 0.475 e. The number of hydrogen-bond donors (Lipinski definition) is 0. The number of halogens is 3. The average Bonchev–Trinajstić information content (AvgIpc) is 3.06. The van der Waals surface area contributed by atoms with Crippen LogP contribution in [0.15, 0.2) is 24.4 Å². The normalized spacial score (nSPS) is 16.5. The first kappa shape index (κ1) is 24.1. The minimum absolute atomic E-state index is 0.0101. The van der Waals surface area contributed by atoms with Crippen LogP contribution in [0.1, 0.15) is 75.6 Å². The van der Waals surface area contributed by atoms with Gasteiger partial charge in [0.25, 0.3) is 11.8 Å². The van der Waals surface area contributed by atoms with Crippen LogP contribution in [-0.4, -0.2) is 39.6 Å². The van der Waals surface area contributed by atoms with Gasteiger partial charge < -0.3 is 14.2 Å². The third-order valence-corrected chi connectivity index (χ3v) is 6.01. The highest BCUT2D eigenvalue weighted by molar-refractivity contribution is 5.94. The Morgan fingerprint density at radius 3 is 2.44 bits per heavy atom. The molecule has 0 atom stereocenters. The van der Waals surface area contributed by atoms with Crippen LogP contribution >= 0.6 is 0 Å². The van der Waals surface area contributed by atoms with Crippen molar-refractivity contribution in [2.75, 3.05) is 13.1 Å². The van der Waals surface area contributed by atoms with Gasteiger partial charge in [-0.15, -0.1) is 0 Å². The number of ether oxygens (including phenoxy) is 1. The highest BCUT2D eigenvalue weighted by atomic mass is 19.3. The highest BCUT2D eigenvalue weighted by Crippen LogP contribution is 2.41. The topological polar surface area (TPSA) is 47.4 Å². The van der Waals surface area contributed by atoms with Crippen LogP contribution in [0.2, 0.25) is 0 Å². The van der Waals surface area contributed by atoms with Gasteiger partial charge in [0, 0.05) is 50.3 Å². The number of aromatic nitrogens is 2. The smallest absolute Gasteiger partial charge is 0.285 e. The van der Waals surface area contributed by atoms with Gasteiger partial charge >= 0.3 is 0 Å². The Morgan fingerprint density at radius 2 is 1.94 bits per heavy atom. The van der Waals surface area contributed by atoms with Gasteiger partial charge in [0.15, 0.2) is 0 Å². The number of rotatable bonds is 7. The van der Waals surface area contributed by atoms with Gasteiger partial charge in [0.05, 0.1) is 23.1 Å². The van der Waals surface area contributed by atoms with Gasteiger partial charge in [-0.1, -0.05) is 13.8 Å². The molecular weight excluding hydrogens is 419 g/mol. The minimum atomic E-state index is -3.13. The summed E-state index contributed by atoms with van der Waals surface area (Å²) >= 11 is 0. The number of likely N-dealkylation sites (tertiary alicyclic amines) is 1. The number of piperidine rings is 1. The van der Waals surface area contributed by atoms with Crippen molar-refractivity contribution >= 4 is 5.91 Å². The molecule has 0 N–H and O–H groups in total. The number of carbonyl (C=O) groups excluding carboxylic acids is 1. The lowest BCUT2D eigenvalue weighted by Crippen LogP contribution is -2.45. The molecule has 1 fully saturated rings. The first-order chi connectivity index (χ1) is 15.0. The van der Waals surface area contributed by atoms with Gasteiger partial charge in [-0.25, -0.2) is 18.2 Å². The maximum absolute atomic E-state index is 14.9. The van der Waals surface area contributed by atoms with Gasteiger partial charge in [0.2, 0.25) is 5.88 Å². The summed E-state index contributed by atoms with van der Waals surface area (Å²) in [5, 5.41) is 0. The van der Waals surface area contributed by atoms with E-state index >= 15 is 0 Å². The molecule has 1 amide bonds. The molecule has 2 aromatic rings. The molecule has 0 bridgehead atoms. The molecule has 1 aliphatic rings. The van der Waals surface area contributed by atoms with E-state index in [2.05, 4.69) is 4.98 Å². The van der Waals surface area contributed by atoms with Crippen molar-refractivity contribution in [1.82, 2.24) is 14.5 Å². The van der Waals surface area contributed by atoms with E-state index in [9.17, 15) is 18.0 Å². The molecule has 0 unspecified atom stereocenters. The first-order valence-corrected chi connectivity index (χ1v) is 11.2. The van der Waals surface area contributed by atoms with E-state index < -0.39 is 17.2 Å². The third-order valence-electron chi connectivity index (χ3n) is 6.01. The van der Waals surface area contributed by atoms with Crippen molar-refractivity contribution < 1.29 is 22.7 Å². The molecule has 0 radical (unpaired) electrons. The lowest BCUT2D eigenvalue weighted by atomic mass is 9.77.